The smallest absolute Gasteiger partial charge is 0.276 e. The van der Waals surface area contributed by atoms with Gasteiger partial charge in [-0.2, -0.15) is 5.10 Å². The summed E-state index contributed by atoms with van der Waals surface area (Å²) >= 11 is 0. The standard InChI is InChI=1S/C27H32F4N8O5/c1-14-21(37-44-36-14)23(41)35-22(15-2-6-26(28,29)7-3-15)18-12-39-25(34-18)33-17(11-32-39)19-10-16(40)5-9-38(19)24(42)20-4-8-27(30,31)13-43-20/h11-12,15-16,19-20,22,40H,2-10,13H2,1H3,(H,35,41)/t16-,19+,20+,22+/m1/s1. The summed E-state index contributed by atoms with van der Waals surface area (Å²) in [5, 5.41) is 24.9. The van der Waals surface area contributed by atoms with Crippen LogP contribution < -0.4 is 5.32 Å². The predicted molar refractivity (Wildman–Crippen MR) is 141 cm³/mol. The Morgan fingerprint density at radius 1 is 1.07 bits per heavy atom. The highest BCUT2D eigenvalue weighted by Gasteiger charge is 2.43. The number of aliphatic hydroxyl groups excluding tert-OH is 1. The maximum Gasteiger partial charge on any atom is 0.276 e. The number of aryl methyl sites for hydroxylation is 1. The van der Waals surface area contributed by atoms with Crippen molar-refractivity contribution in [2.75, 3.05) is 13.2 Å². The van der Waals surface area contributed by atoms with E-state index in [1.165, 1.54) is 15.6 Å². The fraction of sp³-hybridized carbons (Fsp3) is 0.667. The molecular formula is C27H32F4N8O5. The van der Waals surface area contributed by atoms with Crippen LogP contribution in [-0.2, 0) is 9.53 Å². The summed E-state index contributed by atoms with van der Waals surface area (Å²) in [5.74, 6) is -7.07. The Hall–Kier alpha value is -3.73. The second-order valence-corrected chi connectivity index (χ2v) is 11.9. The van der Waals surface area contributed by atoms with Crippen LogP contribution in [-0.4, -0.2) is 88.9 Å². The Labute approximate surface area is 248 Å². The van der Waals surface area contributed by atoms with E-state index in [4.69, 9.17) is 4.74 Å². The Morgan fingerprint density at radius 3 is 2.50 bits per heavy atom. The Balaban J connectivity index is 1.27. The van der Waals surface area contributed by atoms with Crippen LogP contribution in [0.2, 0.25) is 0 Å². The van der Waals surface area contributed by atoms with Crippen LogP contribution >= 0.6 is 0 Å². The van der Waals surface area contributed by atoms with Crippen molar-refractivity contribution in [2.24, 2.45) is 5.92 Å². The van der Waals surface area contributed by atoms with Crippen molar-refractivity contribution in [3.05, 3.63) is 35.2 Å². The molecule has 1 saturated carbocycles. The number of aliphatic hydroxyl groups is 1. The van der Waals surface area contributed by atoms with Crippen LogP contribution in [0.25, 0.3) is 5.78 Å². The van der Waals surface area contributed by atoms with Gasteiger partial charge in [-0.25, -0.2) is 36.7 Å². The van der Waals surface area contributed by atoms with E-state index in [2.05, 4.69) is 35.3 Å². The molecule has 17 heteroatoms. The van der Waals surface area contributed by atoms with Crippen molar-refractivity contribution in [1.82, 2.24) is 40.1 Å². The van der Waals surface area contributed by atoms with Crippen molar-refractivity contribution in [3.8, 4) is 0 Å². The van der Waals surface area contributed by atoms with E-state index in [1.807, 2.05) is 0 Å². The molecular weight excluding hydrogens is 592 g/mol. The highest BCUT2D eigenvalue weighted by molar-refractivity contribution is 5.93. The Morgan fingerprint density at radius 2 is 1.82 bits per heavy atom. The largest absolute Gasteiger partial charge is 0.393 e. The van der Waals surface area contributed by atoms with Gasteiger partial charge in [-0.3, -0.25) is 9.59 Å². The monoisotopic (exact) mass is 624 g/mol. The van der Waals surface area contributed by atoms with Gasteiger partial charge in [0, 0.05) is 25.8 Å². The van der Waals surface area contributed by atoms with E-state index in [-0.39, 0.29) is 68.2 Å². The summed E-state index contributed by atoms with van der Waals surface area (Å²) in [6.07, 6.45) is 0.682. The molecule has 3 aromatic rings. The number of nitrogens with zero attached hydrogens (tertiary/aromatic N) is 7. The minimum absolute atomic E-state index is 0.0373. The summed E-state index contributed by atoms with van der Waals surface area (Å²) in [6.45, 7) is 0.883. The van der Waals surface area contributed by atoms with E-state index >= 15 is 0 Å². The molecule has 3 aromatic heterocycles. The van der Waals surface area contributed by atoms with Crippen LogP contribution in [0, 0.1) is 12.8 Å². The molecule has 5 heterocycles. The number of likely N-dealkylation sites (tertiary alicyclic amines) is 1. The number of carbonyl (C=O) groups excluding carboxylic acids is 2. The third-order valence-electron chi connectivity index (χ3n) is 8.68. The molecule has 44 heavy (non-hydrogen) atoms. The first-order valence-electron chi connectivity index (χ1n) is 14.6. The van der Waals surface area contributed by atoms with Crippen LogP contribution in [0.15, 0.2) is 17.0 Å². The second kappa shape index (κ2) is 11.6. The number of rotatable bonds is 6. The summed E-state index contributed by atoms with van der Waals surface area (Å²) in [7, 11) is 0. The number of amides is 2. The average Bonchev–Trinajstić information content (AvgIpc) is 3.61. The first-order chi connectivity index (χ1) is 20.9. The molecule has 3 fully saturated rings. The zero-order valence-corrected chi connectivity index (χ0v) is 23.8. The van der Waals surface area contributed by atoms with Crippen LogP contribution in [0.5, 0.6) is 0 Å². The highest BCUT2D eigenvalue weighted by Crippen LogP contribution is 2.41. The molecule has 0 unspecified atom stereocenters. The number of alkyl halides is 4. The van der Waals surface area contributed by atoms with Crippen molar-refractivity contribution >= 4 is 17.6 Å². The Kier molecular flexibility index (Phi) is 8.02. The molecule has 13 nitrogen and oxygen atoms in total. The van der Waals surface area contributed by atoms with Gasteiger partial charge in [0.1, 0.15) is 18.4 Å². The lowest BCUT2D eigenvalue weighted by atomic mass is 9.81. The number of hydrogen-bond acceptors (Lipinski definition) is 10. The third kappa shape index (κ3) is 6.24. The highest BCUT2D eigenvalue weighted by atomic mass is 19.3. The molecule has 238 valence electrons. The lowest BCUT2D eigenvalue weighted by Crippen LogP contribution is -2.50. The fourth-order valence-corrected chi connectivity index (χ4v) is 6.18. The summed E-state index contributed by atoms with van der Waals surface area (Å²) < 4.78 is 66.4. The number of nitrogens with one attached hydrogen (secondary N) is 1. The van der Waals surface area contributed by atoms with E-state index in [9.17, 15) is 32.3 Å². The van der Waals surface area contributed by atoms with Gasteiger partial charge in [0.2, 0.25) is 5.92 Å². The lowest BCUT2D eigenvalue weighted by Gasteiger charge is -2.40. The van der Waals surface area contributed by atoms with Crippen LogP contribution in [0.4, 0.5) is 17.6 Å². The number of hydrogen-bond donors (Lipinski definition) is 2. The van der Waals surface area contributed by atoms with Crippen molar-refractivity contribution in [3.63, 3.8) is 0 Å². The molecule has 1 aliphatic carbocycles. The minimum Gasteiger partial charge on any atom is -0.393 e. The van der Waals surface area contributed by atoms with Gasteiger partial charge >= 0.3 is 0 Å². The first-order valence-corrected chi connectivity index (χ1v) is 14.6. The fourth-order valence-electron chi connectivity index (χ4n) is 6.18. The molecule has 4 atom stereocenters. The average molecular weight is 625 g/mol. The van der Waals surface area contributed by atoms with Crippen LogP contribution in [0.1, 0.15) is 91.0 Å². The SMILES string of the molecule is Cc1nonc1C(=O)N[C@H](c1cn2ncc([C@@H]3C[C@H](O)CCN3C(=O)[C@@H]3CCC(F)(F)CO3)nc2n1)C1CCC(F)(F)CC1. The molecule has 2 saturated heterocycles. The minimum atomic E-state index is -2.98. The molecule has 0 bridgehead atoms. The van der Waals surface area contributed by atoms with Gasteiger partial charge in [0.25, 0.3) is 23.5 Å². The number of ether oxygens (including phenoxy) is 1. The van der Waals surface area contributed by atoms with Gasteiger partial charge in [-0.1, -0.05) is 5.16 Å². The first kappa shape index (κ1) is 30.3. The predicted octanol–water partition coefficient (Wildman–Crippen LogP) is 2.95. The third-order valence-corrected chi connectivity index (χ3v) is 8.68. The normalized spacial score (nSPS) is 26.4. The number of fused-ring (bicyclic) bond motifs is 1. The molecule has 3 aliphatic rings. The topological polar surface area (TPSA) is 161 Å². The van der Waals surface area contributed by atoms with Crippen LogP contribution in [0.3, 0.4) is 0 Å². The van der Waals surface area contributed by atoms with E-state index in [0.29, 0.717) is 17.8 Å². The molecule has 0 spiro atoms. The maximum absolute atomic E-state index is 14.0. The van der Waals surface area contributed by atoms with E-state index in [0.717, 1.165) is 0 Å². The molecule has 0 aromatic carbocycles. The molecule has 2 N–H and O–H groups in total. The van der Waals surface area contributed by atoms with Gasteiger partial charge in [0.05, 0.1) is 42.0 Å². The quantitative estimate of drug-likeness (QED) is 0.390. The number of piperidine rings is 1. The molecule has 2 amide bonds. The van der Waals surface area contributed by atoms with Gasteiger partial charge in [-0.15, -0.1) is 0 Å². The summed E-state index contributed by atoms with van der Waals surface area (Å²) in [5.41, 5.74) is 0.892. The van der Waals surface area contributed by atoms with Crippen molar-refractivity contribution in [1.29, 1.82) is 0 Å². The zero-order chi connectivity index (χ0) is 31.2. The zero-order valence-electron chi connectivity index (χ0n) is 23.8. The Bertz CT molecular complexity index is 1510. The lowest BCUT2D eigenvalue weighted by molar-refractivity contribution is -0.174. The van der Waals surface area contributed by atoms with E-state index in [1.54, 1.807) is 13.1 Å². The van der Waals surface area contributed by atoms with Gasteiger partial charge in [0.15, 0.2) is 5.69 Å². The number of carbonyl (C=O) groups is 2. The number of aromatic nitrogens is 6. The number of imidazole rings is 1. The summed E-state index contributed by atoms with van der Waals surface area (Å²) in [4.78, 5) is 37.1. The van der Waals surface area contributed by atoms with Crippen molar-refractivity contribution in [2.45, 2.75) is 94.4 Å². The van der Waals surface area contributed by atoms with Gasteiger partial charge in [-0.05, 0) is 50.1 Å². The molecule has 0 radical (unpaired) electrons. The molecule has 6 rings (SSSR count). The second-order valence-electron chi connectivity index (χ2n) is 11.9. The van der Waals surface area contributed by atoms with Gasteiger partial charge < -0.3 is 20.1 Å². The number of halogens is 4. The maximum atomic E-state index is 14.0. The summed E-state index contributed by atoms with van der Waals surface area (Å²) in [6, 6.07) is -1.49. The van der Waals surface area contributed by atoms with E-state index < -0.39 is 61.0 Å². The molecule has 2 aliphatic heterocycles. The van der Waals surface area contributed by atoms with Crippen molar-refractivity contribution < 1.29 is 41.6 Å².